The third kappa shape index (κ3) is 3.41. The summed E-state index contributed by atoms with van der Waals surface area (Å²) >= 11 is 0. The van der Waals surface area contributed by atoms with Crippen LogP contribution in [0.1, 0.15) is 44.6 Å². The summed E-state index contributed by atoms with van der Waals surface area (Å²) < 4.78 is 11.6. The van der Waals surface area contributed by atoms with Gasteiger partial charge in [0.15, 0.2) is 11.5 Å². The molecule has 0 aliphatic heterocycles. The lowest BCUT2D eigenvalue weighted by atomic mass is 9.86. The Morgan fingerprint density at radius 3 is 2.53 bits per heavy atom. The Labute approximate surface area is 116 Å². The number of rotatable bonds is 5. The van der Waals surface area contributed by atoms with Gasteiger partial charge in [0, 0.05) is 12.1 Å². The fourth-order valence-corrected chi connectivity index (χ4v) is 2.84. The molecule has 3 heteroatoms. The van der Waals surface area contributed by atoms with Gasteiger partial charge in [-0.15, -0.1) is 0 Å². The maximum Gasteiger partial charge on any atom is 0.166 e. The molecule has 0 unspecified atom stereocenters. The van der Waals surface area contributed by atoms with Gasteiger partial charge in [0.2, 0.25) is 0 Å². The Morgan fingerprint density at radius 1 is 1.21 bits per heavy atom. The molecule has 1 aliphatic rings. The van der Waals surface area contributed by atoms with Gasteiger partial charge in [-0.2, -0.15) is 0 Å². The van der Waals surface area contributed by atoms with E-state index in [1.807, 2.05) is 18.2 Å². The van der Waals surface area contributed by atoms with Crippen molar-refractivity contribution in [3.63, 3.8) is 0 Å². The molecule has 2 rings (SSSR count). The minimum atomic E-state index is 0.310. The molecule has 1 aromatic rings. The lowest BCUT2D eigenvalue weighted by molar-refractivity contribution is 0.125. The van der Waals surface area contributed by atoms with Crippen molar-refractivity contribution >= 4 is 0 Å². The molecule has 0 amide bonds. The summed E-state index contributed by atoms with van der Waals surface area (Å²) in [6, 6.07) is 5.91. The van der Waals surface area contributed by atoms with Crippen LogP contribution in [0.4, 0.5) is 0 Å². The minimum absolute atomic E-state index is 0.310. The monoisotopic (exact) mass is 263 g/mol. The zero-order valence-electron chi connectivity index (χ0n) is 12.0. The fourth-order valence-electron chi connectivity index (χ4n) is 2.84. The molecule has 19 heavy (non-hydrogen) atoms. The van der Waals surface area contributed by atoms with E-state index in [9.17, 15) is 0 Å². The summed E-state index contributed by atoms with van der Waals surface area (Å²) in [6.07, 6.45) is 6.42. The Kier molecular flexibility index (Phi) is 5.08. The van der Waals surface area contributed by atoms with E-state index in [0.29, 0.717) is 12.6 Å². The van der Waals surface area contributed by atoms with Crippen LogP contribution in [0.3, 0.4) is 0 Å². The van der Waals surface area contributed by atoms with Crippen molar-refractivity contribution in [3.8, 4) is 11.5 Å². The zero-order valence-corrected chi connectivity index (χ0v) is 12.0. The van der Waals surface area contributed by atoms with Crippen molar-refractivity contribution in [3.05, 3.63) is 23.8 Å². The highest BCUT2D eigenvalue weighted by molar-refractivity contribution is 5.46. The first kappa shape index (κ1) is 14.2. The first-order chi connectivity index (χ1) is 9.28. The van der Waals surface area contributed by atoms with Crippen LogP contribution in [-0.4, -0.2) is 13.2 Å². The normalized spacial score (nSPS) is 23.1. The molecule has 0 bridgehead atoms. The zero-order chi connectivity index (χ0) is 13.7. The smallest absolute Gasteiger partial charge is 0.166 e. The first-order valence-electron chi connectivity index (χ1n) is 7.31. The average molecular weight is 263 g/mol. The standard InChI is InChI=1S/C16H25NO2/c1-3-12-7-9-14(10-8-12)19-16-13(11-17)5-4-6-15(16)18-2/h4-6,12,14H,3,7-11,17H2,1-2H3. The predicted molar refractivity (Wildman–Crippen MR) is 77.6 cm³/mol. The van der Waals surface area contributed by atoms with Crippen molar-refractivity contribution in [2.75, 3.05) is 7.11 Å². The number of nitrogens with two attached hydrogens (primary N) is 1. The van der Waals surface area contributed by atoms with E-state index in [-0.39, 0.29) is 0 Å². The number of hydrogen-bond acceptors (Lipinski definition) is 3. The summed E-state index contributed by atoms with van der Waals surface area (Å²) in [4.78, 5) is 0. The number of benzene rings is 1. The van der Waals surface area contributed by atoms with Crippen LogP contribution < -0.4 is 15.2 Å². The summed E-state index contributed by atoms with van der Waals surface area (Å²) in [7, 11) is 1.68. The topological polar surface area (TPSA) is 44.5 Å². The van der Waals surface area contributed by atoms with E-state index in [0.717, 1.165) is 35.8 Å². The van der Waals surface area contributed by atoms with Crippen LogP contribution in [0.5, 0.6) is 11.5 Å². The van der Waals surface area contributed by atoms with E-state index in [1.165, 1.54) is 19.3 Å². The highest BCUT2D eigenvalue weighted by atomic mass is 16.5. The van der Waals surface area contributed by atoms with Gasteiger partial charge in [-0.05, 0) is 37.7 Å². The molecule has 1 saturated carbocycles. The molecule has 3 nitrogen and oxygen atoms in total. The summed E-state index contributed by atoms with van der Waals surface area (Å²) in [6.45, 7) is 2.76. The van der Waals surface area contributed by atoms with Crippen LogP contribution in [-0.2, 0) is 6.54 Å². The lowest BCUT2D eigenvalue weighted by Gasteiger charge is -2.29. The van der Waals surface area contributed by atoms with E-state index in [2.05, 4.69) is 6.92 Å². The molecule has 1 fully saturated rings. The predicted octanol–water partition coefficient (Wildman–Crippen LogP) is 3.50. The third-order valence-corrected chi connectivity index (χ3v) is 4.16. The molecule has 0 aromatic heterocycles. The van der Waals surface area contributed by atoms with Crippen molar-refractivity contribution in [2.45, 2.75) is 51.7 Å². The van der Waals surface area contributed by atoms with E-state index >= 15 is 0 Å². The second kappa shape index (κ2) is 6.80. The molecule has 0 radical (unpaired) electrons. The molecule has 0 saturated heterocycles. The van der Waals surface area contributed by atoms with Crippen LogP contribution in [0, 0.1) is 5.92 Å². The molecular weight excluding hydrogens is 238 g/mol. The van der Waals surface area contributed by atoms with Crippen LogP contribution >= 0.6 is 0 Å². The lowest BCUT2D eigenvalue weighted by Crippen LogP contribution is -2.24. The quantitative estimate of drug-likeness (QED) is 0.884. The van der Waals surface area contributed by atoms with Gasteiger partial charge < -0.3 is 15.2 Å². The number of para-hydroxylation sites is 1. The van der Waals surface area contributed by atoms with Gasteiger partial charge in [0.05, 0.1) is 13.2 Å². The summed E-state index contributed by atoms with van der Waals surface area (Å²) in [5, 5.41) is 0. The number of methoxy groups -OCH3 is 1. The van der Waals surface area contributed by atoms with Crippen molar-refractivity contribution in [1.29, 1.82) is 0 Å². The van der Waals surface area contributed by atoms with Gasteiger partial charge in [0.1, 0.15) is 0 Å². The molecule has 106 valence electrons. The minimum Gasteiger partial charge on any atom is -0.493 e. The summed E-state index contributed by atoms with van der Waals surface area (Å²) in [5.41, 5.74) is 6.81. The molecule has 0 spiro atoms. The van der Waals surface area contributed by atoms with Gasteiger partial charge >= 0.3 is 0 Å². The van der Waals surface area contributed by atoms with E-state index in [1.54, 1.807) is 7.11 Å². The summed E-state index contributed by atoms with van der Waals surface area (Å²) in [5.74, 6) is 2.51. The number of hydrogen-bond donors (Lipinski definition) is 1. The molecular formula is C16H25NO2. The first-order valence-corrected chi connectivity index (χ1v) is 7.31. The molecule has 0 atom stereocenters. The molecule has 1 aromatic carbocycles. The highest BCUT2D eigenvalue weighted by Crippen LogP contribution is 2.35. The Balaban J connectivity index is 2.06. The van der Waals surface area contributed by atoms with Gasteiger partial charge in [-0.3, -0.25) is 0 Å². The molecule has 1 aliphatic carbocycles. The maximum atomic E-state index is 6.19. The number of ether oxygens (including phenoxy) is 2. The van der Waals surface area contributed by atoms with Crippen LogP contribution in [0.2, 0.25) is 0 Å². The SMILES string of the molecule is CCC1CCC(Oc2c(CN)cccc2OC)CC1. The second-order valence-electron chi connectivity index (χ2n) is 5.32. The average Bonchev–Trinajstić information content (AvgIpc) is 2.48. The maximum absolute atomic E-state index is 6.19. The Hall–Kier alpha value is -1.22. The van der Waals surface area contributed by atoms with Crippen molar-refractivity contribution in [2.24, 2.45) is 11.7 Å². The molecule has 2 N–H and O–H groups in total. The van der Waals surface area contributed by atoms with Crippen molar-refractivity contribution in [1.82, 2.24) is 0 Å². The Bertz CT molecular complexity index is 375. The highest BCUT2D eigenvalue weighted by Gasteiger charge is 2.23. The largest absolute Gasteiger partial charge is 0.493 e. The van der Waals surface area contributed by atoms with Crippen molar-refractivity contribution < 1.29 is 9.47 Å². The van der Waals surface area contributed by atoms with Gasteiger partial charge in [-0.25, -0.2) is 0 Å². The van der Waals surface area contributed by atoms with Gasteiger partial charge in [0.25, 0.3) is 0 Å². The second-order valence-corrected chi connectivity index (χ2v) is 5.32. The van der Waals surface area contributed by atoms with Crippen LogP contribution in [0.15, 0.2) is 18.2 Å². The fraction of sp³-hybridized carbons (Fsp3) is 0.625. The van der Waals surface area contributed by atoms with Gasteiger partial charge in [-0.1, -0.05) is 25.5 Å². The Morgan fingerprint density at radius 2 is 1.95 bits per heavy atom. The third-order valence-electron chi connectivity index (χ3n) is 4.16. The molecule has 0 heterocycles. The van der Waals surface area contributed by atoms with E-state index < -0.39 is 0 Å². The van der Waals surface area contributed by atoms with Crippen LogP contribution in [0.25, 0.3) is 0 Å². The van der Waals surface area contributed by atoms with E-state index in [4.69, 9.17) is 15.2 Å².